The van der Waals surface area contributed by atoms with Gasteiger partial charge in [-0.05, 0) is 53.1 Å². The van der Waals surface area contributed by atoms with Crippen LogP contribution in [0, 0.1) is 0 Å². The fraction of sp³-hybridized carbons (Fsp3) is 0.160. The number of amides is 2. The normalized spacial score (nSPS) is 11.2. The Morgan fingerprint density at radius 1 is 0.969 bits per heavy atom. The highest BCUT2D eigenvalue weighted by atomic mass is 16.5. The second kappa shape index (κ2) is 10.4. The molecule has 0 saturated heterocycles. The second-order valence-electron chi connectivity index (χ2n) is 7.19. The average molecular weight is 432 g/mol. The summed E-state index contributed by atoms with van der Waals surface area (Å²) in [7, 11) is 1.52. The number of carbonyl (C=O) groups excluding carboxylic acids is 2. The molecule has 0 saturated carbocycles. The molecule has 0 atom stereocenters. The smallest absolute Gasteiger partial charge is 0.337 e. The molecule has 0 aliphatic rings. The lowest BCUT2D eigenvalue weighted by atomic mass is 10.0. The van der Waals surface area contributed by atoms with E-state index in [4.69, 9.17) is 4.74 Å². The maximum Gasteiger partial charge on any atom is 0.337 e. The van der Waals surface area contributed by atoms with Crippen LogP contribution in [-0.2, 0) is 9.53 Å². The second-order valence-corrected chi connectivity index (χ2v) is 7.19. The molecular formula is C25H24N2O5. The maximum absolute atomic E-state index is 12.6. The molecule has 32 heavy (non-hydrogen) atoms. The number of benzene rings is 3. The average Bonchev–Trinajstić information content (AvgIpc) is 2.78. The molecule has 164 valence electrons. The molecule has 0 heterocycles. The van der Waals surface area contributed by atoms with E-state index in [1.165, 1.54) is 31.4 Å². The van der Waals surface area contributed by atoms with Gasteiger partial charge in [-0.3, -0.25) is 9.59 Å². The van der Waals surface area contributed by atoms with Crippen LogP contribution in [0.5, 0.6) is 0 Å². The summed E-state index contributed by atoms with van der Waals surface area (Å²) in [6.45, 7) is 2.47. The van der Waals surface area contributed by atoms with Gasteiger partial charge in [0.2, 0.25) is 5.91 Å². The van der Waals surface area contributed by atoms with Crippen molar-refractivity contribution in [1.29, 1.82) is 0 Å². The Labute approximate surface area is 185 Å². The first-order valence-electron chi connectivity index (χ1n) is 10.0. The molecule has 0 aliphatic heterocycles. The molecule has 0 spiro atoms. The van der Waals surface area contributed by atoms with Gasteiger partial charge in [0.1, 0.15) is 0 Å². The molecule has 0 fully saturated rings. The molecule has 7 nitrogen and oxygen atoms in total. The quantitative estimate of drug-likeness (QED) is 0.369. The molecule has 3 aromatic rings. The van der Waals surface area contributed by atoms with Crippen molar-refractivity contribution in [1.82, 2.24) is 5.32 Å². The summed E-state index contributed by atoms with van der Waals surface area (Å²) in [5.74, 6) is -2.09. The van der Waals surface area contributed by atoms with Gasteiger partial charge in [-0.15, -0.1) is 0 Å². The number of nitrogens with one attached hydrogen (secondary N) is 2. The molecular weight excluding hydrogens is 408 g/mol. The van der Waals surface area contributed by atoms with E-state index in [-0.39, 0.29) is 16.8 Å². The number of hydrogen-bond donors (Lipinski definition) is 3. The van der Waals surface area contributed by atoms with Crippen molar-refractivity contribution in [2.24, 2.45) is 0 Å². The third-order valence-corrected chi connectivity index (χ3v) is 4.91. The van der Waals surface area contributed by atoms with Crippen molar-refractivity contribution in [2.45, 2.75) is 6.92 Å². The summed E-state index contributed by atoms with van der Waals surface area (Å²) in [5, 5.41) is 16.9. The third-order valence-electron chi connectivity index (χ3n) is 4.91. The predicted octanol–water partition coefficient (Wildman–Crippen LogP) is 3.96. The van der Waals surface area contributed by atoms with Crippen LogP contribution in [0.1, 0.15) is 33.2 Å². The van der Waals surface area contributed by atoms with Crippen molar-refractivity contribution in [2.75, 3.05) is 25.6 Å². The molecule has 0 bridgehead atoms. The number of anilines is 1. The molecule has 3 rings (SSSR count). The molecule has 0 radical (unpaired) electrons. The molecule has 0 aromatic heterocycles. The van der Waals surface area contributed by atoms with E-state index < -0.39 is 17.8 Å². The van der Waals surface area contributed by atoms with E-state index in [0.717, 1.165) is 21.9 Å². The van der Waals surface area contributed by atoms with Gasteiger partial charge in [-0.1, -0.05) is 36.4 Å². The fourth-order valence-corrected chi connectivity index (χ4v) is 3.23. The van der Waals surface area contributed by atoms with Crippen LogP contribution in [0.4, 0.5) is 5.69 Å². The summed E-state index contributed by atoms with van der Waals surface area (Å²) in [6, 6.07) is 17.9. The number of carboxylic acids is 1. The van der Waals surface area contributed by atoms with Crippen LogP contribution >= 0.6 is 0 Å². The Kier molecular flexibility index (Phi) is 7.36. The summed E-state index contributed by atoms with van der Waals surface area (Å²) >= 11 is 0. The van der Waals surface area contributed by atoms with Crippen LogP contribution in [0.3, 0.4) is 0 Å². The van der Waals surface area contributed by atoms with Gasteiger partial charge in [-0.2, -0.15) is 0 Å². The van der Waals surface area contributed by atoms with Crippen LogP contribution in [0.15, 0.2) is 66.7 Å². The first-order valence-corrected chi connectivity index (χ1v) is 10.0. The number of carbonyl (C=O) groups is 3. The van der Waals surface area contributed by atoms with E-state index >= 15 is 0 Å². The minimum absolute atomic E-state index is 0.0458. The van der Waals surface area contributed by atoms with Gasteiger partial charge in [-0.25, -0.2) is 4.79 Å². The van der Waals surface area contributed by atoms with Crippen molar-refractivity contribution >= 4 is 39.8 Å². The van der Waals surface area contributed by atoms with Gasteiger partial charge >= 0.3 is 5.97 Å². The molecule has 2 amide bonds. The standard InChI is InChI=1S/C25H24N2O5/c1-16(18-8-7-17-5-3-4-6-19(17)14-18)13-23(28)27-22-15-20(9-10-21(22)25(30)31)24(29)26-11-12-32-2/h3-10,13-15H,11-12H2,1-2H3,(H,26,29)(H,27,28)(H,30,31). The van der Waals surface area contributed by atoms with Crippen molar-refractivity contribution < 1.29 is 24.2 Å². The minimum atomic E-state index is -1.21. The zero-order chi connectivity index (χ0) is 23.1. The number of fused-ring (bicyclic) bond motifs is 1. The van der Waals surface area contributed by atoms with Crippen LogP contribution in [0.25, 0.3) is 16.3 Å². The number of hydrogen-bond acceptors (Lipinski definition) is 4. The van der Waals surface area contributed by atoms with E-state index in [1.807, 2.05) is 49.4 Å². The van der Waals surface area contributed by atoms with E-state index in [9.17, 15) is 19.5 Å². The number of carboxylic acid groups (broad SMARTS) is 1. The SMILES string of the molecule is COCCNC(=O)c1ccc(C(=O)O)c(NC(=O)C=C(C)c2ccc3ccccc3c2)c1. The Morgan fingerprint density at radius 2 is 1.69 bits per heavy atom. The number of allylic oxidation sites excluding steroid dienone is 1. The summed E-state index contributed by atoms with van der Waals surface area (Å²) < 4.78 is 4.90. The lowest BCUT2D eigenvalue weighted by Gasteiger charge is -2.11. The molecule has 3 aromatic carbocycles. The highest BCUT2D eigenvalue weighted by Gasteiger charge is 2.15. The summed E-state index contributed by atoms with van der Waals surface area (Å²) in [4.78, 5) is 36.5. The van der Waals surface area contributed by atoms with Crippen LogP contribution in [0.2, 0.25) is 0 Å². The highest BCUT2D eigenvalue weighted by molar-refractivity contribution is 6.08. The van der Waals surface area contributed by atoms with Crippen LogP contribution < -0.4 is 10.6 Å². The zero-order valence-electron chi connectivity index (χ0n) is 17.8. The van der Waals surface area contributed by atoms with Crippen molar-refractivity contribution in [3.63, 3.8) is 0 Å². The summed E-state index contributed by atoms with van der Waals surface area (Å²) in [6.07, 6.45) is 1.40. The van der Waals surface area contributed by atoms with Gasteiger partial charge in [0.25, 0.3) is 5.91 Å². The van der Waals surface area contributed by atoms with Crippen LogP contribution in [-0.4, -0.2) is 43.2 Å². The highest BCUT2D eigenvalue weighted by Crippen LogP contribution is 2.22. The first kappa shape index (κ1) is 22.7. The lowest BCUT2D eigenvalue weighted by Crippen LogP contribution is -2.27. The Balaban J connectivity index is 1.82. The topological polar surface area (TPSA) is 105 Å². The van der Waals surface area contributed by atoms with Gasteiger partial charge < -0.3 is 20.5 Å². The molecule has 0 aliphatic carbocycles. The van der Waals surface area contributed by atoms with Crippen molar-refractivity contribution in [3.8, 4) is 0 Å². The molecule has 3 N–H and O–H groups in total. The zero-order valence-corrected chi connectivity index (χ0v) is 17.8. The number of aromatic carboxylic acids is 1. The van der Waals surface area contributed by atoms with Gasteiger partial charge in [0.15, 0.2) is 0 Å². The maximum atomic E-state index is 12.6. The monoisotopic (exact) mass is 432 g/mol. The predicted molar refractivity (Wildman–Crippen MR) is 124 cm³/mol. The Bertz CT molecular complexity index is 1200. The number of rotatable bonds is 8. The lowest BCUT2D eigenvalue weighted by molar-refractivity contribution is -0.111. The number of ether oxygens (including phenoxy) is 1. The van der Waals surface area contributed by atoms with Crippen molar-refractivity contribution in [3.05, 3.63) is 83.4 Å². The third kappa shape index (κ3) is 5.59. The fourth-order valence-electron chi connectivity index (χ4n) is 3.23. The minimum Gasteiger partial charge on any atom is -0.478 e. The van der Waals surface area contributed by atoms with E-state index in [2.05, 4.69) is 10.6 Å². The largest absolute Gasteiger partial charge is 0.478 e. The molecule has 7 heteroatoms. The van der Waals surface area contributed by atoms with Gasteiger partial charge in [0, 0.05) is 25.3 Å². The first-order chi connectivity index (χ1) is 15.4. The summed E-state index contributed by atoms with van der Waals surface area (Å²) in [5.41, 5.74) is 1.77. The van der Waals surface area contributed by atoms with Gasteiger partial charge in [0.05, 0.1) is 17.9 Å². The van der Waals surface area contributed by atoms with E-state index in [0.29, 0.717) is 13.2 Å². The number of methoxy groups -OCH3 is 1. The van der Waals surface area contributed by atoms with E-state index in [1.54, 1.807) is 0 Å². The Morgan fingerprint density at radius 3 is 2.41 bits per heavy atom. The molecule has 0 unspecified atom stereocenters. The Hall–Kier alpha value is -3.97.